The lowest BCUT2D eigenvalue weighted by Crippen LogP contribution is -2.37. The second-order valence-electron chi connectivity index (χ2n) is 4.95. The highest BCUT2D eigenvalue weighted by atomic mass is 32.1. The van der Waals surface area contributed by atoms with Crippen LogP contribution in [0.25, 0.3) is 0 Å². The number of thiazole rings is 1. The number of carbonyl (C=O) groups is 1. The van der Waals surface area contributed by atoms with E-state index in [0.717, 1.165) is 15.6 Å². The Balaban J connectivity index is 2.23. The van der Waals surface area contributed by atoms with Crippen molar-refractivity contribution in [2.24, 2.45) is 5.92 Å². The number of hydrogen-bond acceptors (Lipinski definition) is 4. The first-order valence-corrected chi connectivity index (χ1v) is 7.34. The van der Waals surface area contributed by atoms with Crippen LogP contribution in [0.2, 0.25) is 0 Å². The van der Waals surface area contributed by atoms with Crippen LogP contribution in [0.4, 0.5) is 4.79 Å². The van der Waals surface area contributed by atoms with Gasteiger partial charge in [0.15, 0.2) is 0 Å². The number of hydrogen-bond donors (Lipinski definition) is 3. The van der Waals surface area contributed by atoms with Gasteiger partial charge >= 0.3 is 6.03 Å². The van der Waals surface area contributed by atoms with Crippen molar-refractivity contribution in [1.29, 1.82) is 0 Å². The molecule has 1 aromatic heterocycles. The minimum Gasteiger partial charge on any atom is -0.393 e. The second kappa shape index (κ2) is 7.45. The quantitative estimate of drug-likeness (QED) is 0.748. The monoisotopic (exact) mass is 285 g/mol. The molecule has 1 unspecified atom stereocenters. The highest BCUT2D eigenvalue weighted by Gasteiger charge is 2.10. The molecule has 0 aliphatic rings. The molecule has 19 heavy (non-hydrogen) atoms. The highest BCUT2D eigenvalue weighted by Crippen LogP contribution is 2.15. The van der Waals surface area contributed by atoms with Crippen LogP contribution < -0.4 is 10.6 Å². The standard InChI is InChI=1S/C13H23N3O2S/c1-8(2)12(17)5-6-14-13(18)15-7-11-9(3)19-10(4)16-11/h8,12,17H,5-7H2,1-4H3,(H2,14,15,18). The van der Waals surface area contributed by atoms with Gasteiger partial charge in [0.05, 0.1) is 23.4 Å². The molecule has 1 heterocycles. The van der Waals surface area contributed by atoms with Gasteiger partial charge in [-0.15, -0.1) is 11.3 Å². The minimum atomic E-state index is -0.372. The van der Waals surface area contributed by atoms with Gasteiger partial charge in [0.1, 0.15) is 0 Å². The summed E-state index contributed by atoms with van der Waals surface area (Å²) < 4.78 is 0. The van der Waals surface area contributed by atoms with E-state index in [1.807, 2.05) is 27.7 Å². The molecular formula is C13H23N3O2S. The number of aromatic nitrogens is 1. The van der Waals surface area contributed by atoms with E-state index in [-0.39, 0.29) is 18.1 Å². The number of nitrogens with zero attached hydrogens (tertiary/aromatic N) is 1. The molecule has 1 rings (SSSR count). The van der Waals surface area contributed by atoms with Crippen LogP contribution in [0.3, 0.4) is 0 Å². The molecule has 0 aliphatic heterocycles. The summed E-state index contributed by atoms with van der Waals surface area (Å²) in [6.07, 6.45) is 0.198. The molecule has 0 aromatic carbocycles. The first kappa shape index (κ1) is 15.9. The summed E-state index contributed by atoms with van der Waals surface area (Å²) in [5.41, 5.74) is 0.917. The van der Waals surface area contributed by atoms with Crippen LogP contribution in [-0.2, 0) is 6.54 Å². The summed E-state index contributed by atoms with van der Waals surface area (Å²) in [6.45, 7) is 8.78. The smallest absolute Gasteiger partial charge is 0.315 e. The Morgan fingerprint density at radius 1 is 1.37 bits per heavy atom. The minimum absolute atomic E-state index is 0.213. The highest BCUT2D eigenvalue weighted by molar-refractivity contribution is 7.11. The van der Waals surface area contributed by atoms with Crippen molar-refractivity contribution in [1.82, 2.24) is 15.6 Å². The summed E-state index contributed by atoms with van der Waals surface area (Å²) in [6, 6.07) is -0.221. The predicted molar refractivity (Wildman–Crippen MR) is 77.3 cm³/mol. The molecule has 0 saturated carbocycles. The molecule has 0 bridgehead atoms. The molecule has 0 spiro atoms. The largest absolute Gasteiger partial charge is 0.393 e. The predicted octanol–water partition coefficient (Wildman–Crippen LogP) is 1.97. The number of urea groups is 1. The Morgan fingerprint density at radius 3 is 2.58 bits per heavy atom. The van der Waals surface area contributed by atoms with Crippen LogP contribution in [-0.4, -0.2) is 28.8 Å². The zero-order chi connectivity index (χ0) is 14.4. The number of rotatable bonds is 6. The maximum atomic E-state index is 11.6. The zero-order valence-corrected chi connectivity index (χ0v) is 12.8. The Bertz CT molecular complexity index is 418. The molecule has 0 saturated heterocycles. The maximum Gasteiger partial charge on any atom is 0.315 e. The van der Waals surface area contributed by atoms with E-state index < -0.39 is 0 Å². The third-order valence-corrected chi connectivity index (χ3v) is 3.84. The third kappa shape index (κ3) is 5.57. The zero-order valence-electron chi connectivity index (χ0n) is 12.0. The SMILES string of the molecule is Cc1nc(CNC(=O)NCCC(O)C(C)C)c(C)s1. The summed E-state index contributed by atoms with van der Waals surface area (Å²) in [5.74, 6) is 0.213. The van der Waals surface area contributed by atoms with Crippen molar-refractivity contribution >= 4 is 17.4 Å². The lowest BCUT2D eigenvalue weighted by molar-refractivity contribution is 0.116. The van der Waals surface area contributed by atoms with Crippen LogP contribution in [0, 0.1) is 19.8 Å². The fraction of sp³-hybridized carbons (Fsp3) is 0.692. The molecule has 0 aliphatic carbocycles. The van der Waals surface area contributed by atoms with Crippen LogP contribution in [0.15, 0.2) is 0 Å². The first-order valence-electron chi connectivity index (χ1n) is 6.52. The van der Waals surface area contributed by atoms with Crippen molar-refractivity contribution in [2.45, 2.75) is 46.8 Å². The number of aliphatic hydroxyl groups excluding tert-OH is 1. The Labute approximate surface area is 118 Å². The van der Waals surface area contributed by atoms with Gasteiger partial charge in [0.25, 0.3) is 0 Å². The molecule has 0 fully saturated rings. The molecule has 6 heteroatoms. The van der Waals surface area contributed by atoms with Gasteiger partial charge in [-0.2, -0.15) is 0 Å². The van der Waals surface area contributed by atoms with Crippen molar-refractivity contribution in [3.8, 4) is 0 Å². The van der Waals surface area contributed by atoms with Crippen molar-refractivity contribution in [3.63, 3.8) is 0 Å². The van der Waals surface area contributed by atoms with Gasteiger partial charge in [-0.05, 0) is 26.2 Å². The lowest BCUT2D eigenvalue weighted by atomic mass is 10.0. The van der Waals surface area contributed by atoms with Crippen LogP contribution in [0.1, 0.15) is 35.8 Å². The van der Waals surface area contributed by atoms with Crippen LogP contribution >= 0.6 is 11.3 Å². The van der Waals surface area contributed by atoms with E-state index in [9.17, 15) is 9.90 Å². The van der Waals surface area contributed by atoms with Crippen LogP contribution in [0.5, 0.6) is 0 Å². The Hall–Kier alpha value is -1.14. The van der Waals surface area contributed by atoms with Gasteiger partial charge in [-0.3, -0.25) is 0 Å². The average molecular weight is 285 g/mol. The van der Waals surface area contributed by atoms with Gasteiger partial charge in [0.2, 0.25) is 0 Å². The van der Waals surface area contributed by atoms with E-state index in [1.54, 1.807) is 11.3 Å². The van der Waals surface area contributed by atoms with E-state index in [2.05, 4.69) is 15.6 Å². The Morgan fingerprint density at radius 2 is 2.05 bits per heavy atom. The van der Waals surface area contributed by atoms with Gasteiger partial charge in [0, 0.05) is 11.4 Å². The molecule has 108 valence electrons. The Kier molecular flexibility index (Phi) is 6.24. The van der Waals surface area contributed by atoms with Gasteiger partial charge in [-0.25, -0.2) is 9.78 Å². The van der Waals surface area contributed by atoms with Gasteiger partial charge in [-0.1, -0.05) is 13.8 Å². The molecule has 3 N–H and O–H groups in total. The van der Waals surface area contributed by atoms with E-state index in [0.29, 0.717) is 19.5 Å². The maximum absolute atomic E-state index is 11.6. The lowest BCUT2D eigenvalue weighted by Gasteiger charge is -2.14. The van der Waals surface area contributed by atoms with E-state index in [1.165, 1.54) is 0 Å². The van der Waals surface area contributed by atoms with Gasteiger partial charge < -0.3 is 15.7 Å². The van der Waals surface area contributed by atoms with Crippen molar-refractivity contribution in [2.75, 3.05) is 6.54 Å². The summed E-state index contributed by atoms with van der Waals surface area (Å²) >= 11 is 1.63. The van der Waals surface area contributed by atoms with Crippen molar-refractivity contribution in [3.05, 3.63) is 15.6 Å². The summed E-state index contributed by atoms with van der Waals surface area (Å²) in [7, 11) is 0. The fourth-order valence-corrected chi connectivity index (χ4v) is 2.46. The molecule has 5 nitrogen and oxygen atoms in total. The molecular weight excluding hydrogens is 262 g/mol. The number of nitrogens with one attached hydrogen (secondary N) is 2. The number of aliphatic hydroxyl groups is 1. The average Bonchev–Trinajstić information content (AvgIpc) is 2.65. The van der Waals surface area contributed by atoms with E-state index >= 15 is 0 Å². The number of carbonyl (C=O) groups excluding carboxylic acids is 1. The van der Waals surface area contributed by atoms with Crippen molar-refractivity contribution < 1.29 is 9.90 Å². The van der Waals surface area contributed by atoms with E-state index in [4.69, 9.17) is 0 Å². The molecule has 1 aromatic rings. The summed E-state index contributed by atoms with van der Waals surface area (Å²) in [4.78, 5) is 17.0. The fourth-order valence-electron chi connectivity index (χ4n) is 1.63. The molecule has 1 atom stereocenters. The second-order valence-corrected chi connectivity index (χ2v) is 6.35. The topological polar surface area (TPSA) is 74.2 Å². The summed E-state index contributed by atoms with van der Waals surface area (Å²) in [5, 5.41) is 16.1. The number of amides is 2. The molecule has 0 radical (unpaired) electrons. The number of aryl methyl sites for hydroxylation is 2. The molecule has 2 amide bonds. The first-order chi connectivity index (χ1) is 8.90. The normalized spacial score (nSPS) is 12.5. The third-order valence-electron chi connectivity index (χ3n) is 2.91.